The maximum Gasteiger partial charge on any atom is 0.247 e. The SMILES string of the molecule is COc1nnc(CO)cc1Br. The van der Waals surface area contributed by atoms with Crippen LogP contribution < -0.4 is 4.74 Å². The first-order valence-electron chi connectivity index (χ1n) is 2.95. The van der Waals surface area contributed by atoms with Crippen molar-refractivity contribution in [1.82, 2.24) is 10.2 Å². The van der Waals surface area contributed by atoms with Crippen LogP contribution in [-0.2, 0) is 6.61 Å². The van der Waals surface area contributed by atoms with Gasteiger partial charge in [-0.1, -0.05) is 0 Å². The molecule has 1 aromatic rings. The van der Waals surface area contributed by atoms with E-state index in [1.54, 1.807) is 6.07 Å². The van der Waals surface area contributed by atoms with E-state index >= 15 is 0 Å². The number of aromatic nitrogens is 2. The van der Waals surface area contributed by atoms with Crippen LogP contribution in [0.5, 0.6) is 5.88 Å². The molecule has 0 spiro atoms. The lowest BCUT2D eigenvalue weighted by Gasteiger charge is -2.00. The van der Waals surface area contributed by atoms with Crippen molar-refractivity contribution in [3.8, 4) is 5.88 Å². The number of ether oxygens (including phenoxy) is 1. The van der Waals surface area contributed by atoms with Crippen molar-refractivity contribution in [2.45, 2.75) is 6.61 Å². The molecule has 0 fully saturated rings. The topological polar surface area (TPSA) is 55.2 Å². The van der Waals surface area contributed by atoms with E-state index < -0.39 is 0 Å². The number of hydrogen-bond acceptors (Lipinski definition) is 4. The Labute approximate surface area is 72.3 Å². The maximum absolute atomic E-state index is 8.66. The summed E-state index contributed by atoms with van der Waals surface area (Å²) in [4.78, 5) is 0. The highest BCUT2D eigenvalue weighted by Crippen LogP contribution is 2.20. The summed E-state index contributed by atoms with van der Waals surface area (Å²) in [5.41, 5.74) is 0.512. The summed E-state index contributed by atoms with van der Waals surface area (Å²) >= 11 is 3.21. The van der Waals surface area contributed by atoms with E-state index in [1.807, 2.05) is 0 Å². The van der Waals surface area contributed by atoms with E-state index in [2.05, 4.69) is 26.1 Å². The molecule has 5 heteroatoms. The summed E-state index contributed by atoms with van der Waals surface area (Å²) in [6.45, 7) is -0.115. The fourth-order valence-corrected chi connectivity index (χ4v) is 1.12. The molecule has 1 heterocycles. The minimum atomic E-state index is -0.115. The van der Waals surface area contributed by atoms with E-state index in [1.165, 1.54) is 7.11 Å². The van der Waals surface area contributed by atoms with Crippen LogP contribution in [0.25, 0.3) is 0 Å². The molecule has 0 aliphatic rings. The normalized spacial score (nSPS) is 9.73. The van der Waals surface area contributed by atoms with Crippen molar-refractivity contribution in [3.05, 3.63) is 16.2 Å². The molecule has 1 rings (SSSR count). The number of hydrogen-bond donors (Lipinski definition) is 1. The van der Waals surface area contributed by atoms with Gasteiger partial charge in [0.25, 0.3) is 0 Å². The van der Waals surface area contributed by atoms with Gasteiger partial charge in [-0.25, -0.2) is 0 Å². The first kappa shape index (κ1) is 8.42. The van der Waals surface area contributed by atoms with Crippen LogP contribution in [0, 0.1) is 0 Å². The quantitative estimate of drug-likeness (QED) is 0.796. The second-order valence-electron chi connectivity index (χ2n) is 1.85. The Bertz CT molecular complexity index is 254. The minimum absolute atomic E-state index is 0.115. The van der Waals surface area contributed by atoms with Gasteiger partial charge in [0.05, 0.1) is 23.9 Å². The van der Waals surface area contributed by atoms with Crippen molar-refractivity contribution in [3.63, 3.8) is 0 Å². The number of aliphatic hydroxyl groups is 1. The summed E-state index contributed by atoms with van der Waals surface area (Å²) in [5, 5.41) is 16.0. The zero-order valence-electron chi connectivity index (χ0n) is 5.91. The zero-order chi connectivity index (χ0) is 8.27. The molecular formula is C6H7BrN2O2. The predicted molar refractivity (Wildman–Crippen MR) is 42.2 cm³/mol. The van der Waals surface area contributed by atoms with E-state index in [4.69, 9.17) is 9.84 Å². The molecule has 0 unspecified atom stereocenters. The largest absolute Gasteiger partial charge is 0.479 e. The van der Waals surface area contributed by atoms with Crippen LogP contribution >= 0.6 is 15.9 Å². The smallest absolute Gasteiger partial charge is 0.247 e. The third-order valence-electron chi connectivity index (χ3n) is 1.12. The first-order valence-corrected chi connectivity index (χ1v) is 3.74. The highest BCUT2D eigenvalue weighted by atomic mass is 79.9. The van der Waals surface area contributed by atoms with Crippen molar-refractivity contribution < 1.29 is 9.84 Å². The van der Waals surface area contributed by atoms with Crippen LogP contribution in [0.1, 0.15) is 5.69 Å². The van der Waals surface area contributed by atoms with Crippen LogP contribution in [0.15, 0.2) is 10.5 Å². The van der Waals surface area contributed by atoms with Crippen LogP contribution in [0.4, 0.5) is 0 Å². The number of nitrogens with zero attached hydrogens (tertiary/aromatic N) is 2. The van der Waals surface area contributed by atoms with Crippen molar-refractivity contribution in [2.24, 2.45) is 0 Å². The maximum atomic E-state index is 8.66. The number of halogens is 1. The Morgan fingerprint density at radius 2 is 2.36 bits per heavy atom. The molecule has 60 valence electrons. The fourth-order valence-electron chi connectivity index (χ4n) is 0.610. The summed E-state index contributed by atoms with van der Waals surface area (Å²) in [6.07, 6.45) is 0. The van der Waals surface area contributed by atoms with E-state index in [0.29, 0.717) is 16.0 Å². The van der Waals surface area contributed by atoms with Gasteiger partial charge in [-0.15, -0.1) is 10.2 Å². The molecular weight excluding hydrogens is 212 g/mol. The summed E-state index contributed by atoms with van der Waals surface area (Å²) in [7, 11) is 1.51. The molecule has 0 atom stereocenters. The Kier molecular flexibility index (Phi) is 2.78. The third kappa shape index (κ3) is 1.87. The minimum Gasteiger partial charge on any atom is -0.479 e. The Morgan fingerprint density at radius 3 is 2.82 bits per heavy atom. The van der Waals surface area contributed by atoms with E-state index in [9.17, 15) is 0 Å². The Hall–Kier alpha value is -0.680. The monoisotopic (exact) mass is 218 g/mol. The van der Waals surface area contributed by atoms with Crippen molar-refractivity contribution in [1.29, 1.82) is 0 Å². The van der Waals surface area contributed by atoms with Gasteiger partial charge in [-0.05, 0) is 22.0 Å². The standard InChI is InChI=1S/C6H7BrN2O2/c1-11-6-5(7)2-4(3-10)8-9-6/h2,10H,3H2,1H3. The molecule has 0 radical (unpaired) electrons. The molecule has 0 bridgehead atoms. The second kappa shape index (κ2) is 3.64. The van der Waals surface area contributed by atoms with Crippen LogP contribution in [0.3, 0.4) is 0 Å². The molecule has 0 aliphatic carbocycles. The first-order chi connectivity index (χ1) is 5.27. The van der Waals surface area contributed by atoms with E-state index in [-0.39, 0.29) is 6.61 Å². The molecule has 0 aromatic carbocycles. The molecule has 0 saturated carbocycles. The summed E-state index contributed by atoms with van der Waals surface area (Å²) in [5.74, 6) is 0.419. The predicted octanol–water partition coefficient (Wildman–Crippen LogP) is 0.740. The van der Waals surface area contributed by atoms with Gasteiger partial charge in [-0.2, -0.15) is 0 Å². The molecule has 1 aromatic heterocycles. The molecule has 1 N–H and O–H groups in total. The van der Waals surface area contributed by atoms with Crippen molar-refractivity contribution in [2.75, 3.05) is 7.11 Å². The third-order valence-corrected chi connectivity index (χ3v) is 1.69. The lowest BCUT2D eigenvalue weighted by molar-refractivity contribution is 0.274. The number of rotatable bonds is 2. The Balaban J connectivity index is 2.99. The zero-order valence-corrected chi connectivity index (χ0v) is 7.50. The fraction of sp³-hybridized carbons (Fsp3) is 0.333. The van der Waals surface area contributed by atoms with Gasteiger partial charge in [0, 0.05) is 0 Å². The number of methoxy groups -OCH3 is 1. The van der Waals surface area contributed by atoms with E-state index in [0.717, 1.165) is 0 Å². The summed E-state index contributed by atoms with van der Waals surface area (Å²) < 4.78 is 5.54. The second-order valence-corrected chi connectivity index (χ2v) is 2.71. The highest BCUT2D eigenvalue weighted by molar-refractivity contribution is 9.10. The lowest BCUT2D eigenvalue weighted by atomic mass is 10.4. The molecule has 0 saturated heterocycles. The van der Waals surface area contributed by atoms with Gasteiger partial charge < -0.3 is 9.84 Å². The average molecular weight is 219 g/mol. The van der Waals surface area contributed by atoms with Gasteiger partial charge in [0.15, 0.2) is 0 Å². The van der Waals surface area contributed by atoms with Gasteiger partial charge >= 0.3 is 0 Å². The van der Waals surface area contributed by atoms with Gasteiger partial charge in [0.1, 0.15) is 0 Å². The molecule has 11 heavy (non-hydrogen) atoms. The summed E-state index contributed by atoms with van der Waals surface area (Å²) in [6, 6.07) is 1.66. The Morgan fingerprint density at radius 1 is 1.64 bits per heavy atom. The number of aliphatic hydroxyl groups excluding tert-OH is 1. The highest BCUT2D eigenvalue weighted by Gasteiger charge is 2.02. The molecule has 0 aliphatic heterocycles. The molecule has 0 amide bonds. The van der Waals surface area contributed by atoms with Crippen LogP contribution in [0.2, 0.25) is 0 Å². The average Bonchev–Trinajstić information content (AvgIpc) is 2.04. The molecule has 4 nitrogen and oxygen atoms in total. The lowest BCUT2D eigenvalue weighted by Crippen LogP contribution is -1.96. The van der Waals surface area contributed by atoms with Gasteiger partial charge in [-0.3, -0.25) is 0 Å². The van der Waals surface area contributed by atoms with Crippen LogP contribution in [-0.4, -0.2) is 22.4 Å². The van der Waals surface area contributed by atoms with Gasteiger partial charge in [0.2, 0.25) is 5.88 Å². The van der Waals surface area contributed by atoms with Crippen molar-refractivity contribution >= 4 is 15.9 Å².